The minimum atomic E-state index is -4.46. The lowest BCUT2D eigenvalue weighted by molar-refractivity contribution is -0.153. The summed E-state index contributed by atoms with van der Waals surface area (Å²) in [5.74, 6) is -1.65. The number of carbonyl (C=O) groups is 2. The van der Waals surface area contributed by atoms with E-state index in [2.05, 4.69) is 4.74 Å². The van der Waals surface area contributed by atoms with Crippen LogP contribution in [0.3, 0.4) is 0 Å². The molecule has 0 spiro atoms. The molecule has 36 heavy (non-hydrogen) atoms. The highest BCUT2D eigenvalue weighted by Gasteiger charge is 2.28. The van der Waals surface area contributed by atoms with Gasteiger partial charge in [-0.3, -0.25) is 0 Å². The van der Waals surface area contributed by atoms with Crippen molar-refractivity contribution in [3.05, 3.63) is 89.0 Å². The number of aliphatic carboxylic acids is 1. The van der Waals surface area contributed by atoms with E-state index < -0.39 is 24.7 Å². The summed E-state index contributed by atoms with van der Waals surface area (Å²) in [5, 5.41) is 9.57. The highest BCUT2D eigenvalue weighted by Crippen LogP contribution is 2.23. The molecule has 0 aliphatic heterocycles. The van der Waals surface area contributed by atoms with E-state index >= 15 is 0 Å². The molecule has 7 nitrogen and oxygen atoms in total. The van der Waals surface area contributed by atoms with E-state index in [-0.39, 0.29) is 29.1 Å². The Kier molecular flexibility index (Phi) is 8.21. The molecule has 0 saturated carbocycles. The first-order valence-electron chi connectivity index (χ1n) is 10.7. The van der Waals surface area contributed by atoms with Crippen LogP contribution in [0.25, 0.3) is 6.08 Å². The third kappa shape index (κ3) is 8.08. The number of nitrogens with two attached hydrogens (primary N) is 2. The number of esters is 1. The van der Waals surface area contributed by atoms with E-state index in [0.29, 0.717) is 23.4 Å². The molecular formula is C26H23F3N2O5. The Hall–Kier alpha value is -4.47. The number of carboxylic acids is 1. The number of ether oxygens (including phenoxy) is 2. The molecule has 5 N–H and O–H groups in total. The SMILES string of the molecule is Nc1cc(N)cc(CC/C(=C\c2ccc(C(=O)Oc3ccc(OCC(F)(F)F)cc3)cc2)C(=O)O)c1. The molecule has 188 valence electrons. The van der Waals surface area contributed by atoms with Gasteiger partial charge in [-0.2, -0.15) is 13.2 Å². The Morgan fingerprint density at radius 1 is 0.889 bits per heavy atom. The largest absolute Gasteiger partial charge is 0.484 e. The minimum Gasteiger partial charge on any atom is -0.484 e. The van der Waals surface area contributed by atoms with Crippen LogP contribution in [-0.2, 0) is 11.2 Å². The maximum atomic E-state index is 12.4. The lowest BCUT2D eigenvalue weighted by atomic mass is 10.0. The Morgan fingerprint density at radius 3 is 2.03 bits per heavy atom. The third-order valence-electron chi connectivity index (χ3n) is 4.92. The summed E-state index contributed by atoms with van der Waals surface area (Å²) in [6.45, 7) is -1.42. The van der Waals surface area contributed by atoms with Crippen LogP contribution in [0.2, 0.25) is 0 Å². The quantitative estimate of drug-likeness (QED) is 0.161. The summed E-state index contributed by atoms with van der Waals surface area (Å²) in [5.41, 5.74) is 14.3. The molecule has 3 aromatic carbocycles. The van der Waals surface area contributed by atoms with Crippen molar-refractivity contribution >= 4 is 29.4 Å². The minimum absolute atomic E-state index is 0.0169. The van der Waals surface area contributed by atoms with E-state index in [1.165, 1.54) is 42.5 Å². The summed E-state index contributed by atoms with van der Waals surface area (Å²) in [7, 11) is 0. The van der Waals surface area contributed by atoms with Gasteiger partial charge in [-0.1, -0.05) is 12.1 Å². The number of anilines is 2. The Balaban J connectivity index is 1.62. The molecular weight excluding hydrogens is 477 g/mol. The predicted molar refractivity (Wildman–Crippen MR) is 129 cm³/mol. The number of nitrogen functional groups attached to an aromatic ring is 2. The number of rotatable bonds is 9. The van der Waals surface area contributed by atoms with Gasteiger partial charge in [-0.05, 0) is 84.6 Å². The van der Waals surface area contributed by atoms with Crippen molar-refractivity contribution in [2.24, 2.45) is 0 Å². The first-order chi connectivity index (χ1) is 17.0. The molecule has 3 aromatic rings. The number of aryl methyl sites for hydroxylation is 1. The second-order valence-electron chi connectivity index (χ2n) is 7.87. The number of hydrogen-bond acceptors (Lipinski definition) is 6. The van der Waals surface area contributed by atoms with Crippen molar-refractivity contribution in [1.82, 2.24) is 0 Å². The van der Waals surface area contributed by atoms with Gasteiger partial charge in [0.05, 0.1) is 5.56 Å². The van der Waals surface area contributed by atoms with E-state index in [9.17, 15) is 27.9 Å². The van der Waals surface area contributed by atoms with Crippen molar-refractivity contribution in [2.45, 2.75) is 19.0 Å². The fourth-order valence-corrected chi connectivity index (χ4v) is 3.26. The zero-order valence-electron chi connectivity index (χ0n) is 18.9. The second kappa shape index (κ2) is 11.3. The summed E-state index contributed by atoms with van der Waals surface area (Å²) in [4.78, 5) is 24.1. The van der Waals surface area contributed by atoms with Gasteiger partial charge in [-0.15, -0.1) is 0 Å². The van der Waals surface area contributed by atoms with Gasteiger partial charge in [0, 0.05) is 16.9 Å². The highest BCUT2D eigenvalue weighted by molar-refractivity contribution is 5.93. The van der Waals surface area contributed by atoms with Crippen molar-refractivity contribution in [3.8, 4) is 11.5 Å². The molecule has 10 heteroatoms. The van der Waals surface area contributed by atoms with Crippen LogP contribution in [0.5, 0.6) is 11.5 Å². The zero-order chi connectivity index (χ0) is 26.3. The molecule has 0 fully saturated rings. The highest BCUT2D eigenvalue weighted by atomic mass is 19.4. The predicted octanol–water partition coefficient (Wildman–Crippen LogP) is 5.11. The number of carbonyl (C=O) groups excluding carboxylic acids is 1. The van der Waals surface area contributed by atoms with E-state index in [4.69, 9.17) is 16.2 Å². The van der Waals surface area contributed by atoms with E-state index in [0.717, 1.165) is 5.56 Å². The van der Waals surface area contributed by atoms with Crippen molar-refractivity contribution < 1.29 is 37.3 Å². The summed E-state index contributed by atoms with van der Waals surface area (Å²) < 4.78 is 46.5. The lowest BCUT2D eigenvalue weighted by Gasteiger charge is -2.10. The Bertz CT molecular complexity index is 1230. The van der Waals surface area contributed by atoms with Gasteiger partial charge in [0.2, 0.25) is 0 Å². The average Bonchev–Trinajstić information content (AvgIpc) is 2.80. The normalized spacial score (nSPS) is 11.7. The molecule has 0 atom stereocenters. The molecule has 0 heterocycles. The molecule has 0 unspecified atom stereocenters. The van der Waals surface area contributed by atoms with Crippen LogP contribution in [0.1, 0.15) is 27.9 Å². The van der Waals surface area contributed by atoms with Gasteiger partial charge in [0.25, 0.3) is 0 Å². The molecule has 0 radical (unpaired) electrons. The van der Waals surface area contributed by atoms with E-state index in [1.807, 2.05) is 0 Å². The zero-order valence-corrected chi connectivity index (χ0v) is 18.9. The number of halogens is 3. The molecule has 0 aliphatic carbocycles. The number of benzene rings is 3. The first kappa shape index (κ1) is 26.1. The number of hydrogen-bond donors (Lipinski definition) is 3. The molecule has 3 rings (SSSR count). The number of carboxylic acid groups (broad SMARTS) is 1. The maximum absolute atomic E-state index is 12.4. The first-order valence-corrected chi connectivity index (χ1v) is 10.7. The lowest BCUT2D eigenvalue weighted by Crippen LogP contribution is -2.19. The van der Waals surface area contributed by atoms with Crippen LogP contribution in [0.15, 0.2) is 72.3 Å². The average molecular weight is 500 g/mol. The number of alkyl halides is 3. The third-order valence-corrected chi connectivity index (χ3v) is 4.92. The fourth-order valence-electron chi connectivity index (χ4n) is 3.26. The summed E-state index contributed by atoms with van der Waals surface area (Å²) >= 11 is 0. The standard InChI is InChI=1S/C26H23F3N2O5/c27-26(28,29)15-35-22-7-9-23(10-8-22)36-25(34)18-4-1-16(2-5-18)11-19(24(32)33)6-3-17-12-20(30)14-21(31)13-17/h1-2,4-5,7-14H,3,6,15,30-31H2,(H,32,33)/b19-11+. The Labute approximate surface area is 204 Å². The molecule has 0 amide bonds. The van der Waals surface area contributed by atoms with Gasteiger partial charge >= 0.3 is 18.1 Å². The van der Waals surface area contributed by atoms with Crippen LogP contribution in [-0.4, -0.2) is 29.8 Å². The summed E-state index contributed by atoms with van der Waals surface area (Å²) in [6, 6.07) is 16.3. The van der Waals surface area contributed by atoms with E-state index in [1.54, 1.807) is 30.3 Å². The molecule has 0 aromatic heterocycles. The fraction of sp³-hybridized carbons (Fsp3) is 0.154. The monoisotopic (exact) mass is 500 g/mol. The van der Waals surface area contributed by atoms with Crippen molar-refractivity contribution in [3.63, 3.8) is 0 Å². The Morgan fingerprint density at radius 2 is 1.47 bits per heavy atom. The topological polar surface area (TPSA) is 125 Å². The second-order valence-corrected chi connectivity index (χ2v) is 7.87. The van der Waals surface area contributed by atoms with Gasteiger partial charge in [0.1, 0.15) is 11.5 Å². The van der Waals surface area contributed by atoms with Crippen molar-refractivity contribution in [1.29, 1.82) is 0 Å². The van der Waals surface area contributed by atoms with Crippen molar-refractivity contribution in [2.75, 3.05) is 18.1 Å². The molecule has 0 saturated heterocycles. The maximum Gasteiger partial charge on any atom is 0.422 e. The molecule has 0 aliphatic rings. The smallest absolute Gasteiger partial charge is 0.422 e. The van der Waals surface area contributed by atoms with Crippen LogP contribution < -0.4 is 20.9 Å². The van der Waals surface area contributed by atoms with Crippen LogP contribution >= 0.6 is 0 Å². The van der Waals surface area contributed by atoms with Gasteiger partial charge in [-0.25, -0.2) is 9.59 Å². The van der Waals surface area contributed by atoms with Gasteiger partial charge in [0.15, 0.2) is 6.61 Å². The molecule has 0 bridgehead atoms. The summed E-state index contributed by atoms with van der Waals surface area (Å²) in [6.07, 6.45) is -2.28. The van der Waals surface area contributed by atoms with Gasteiger partial charge < -0.3 is 26.0 Å². The van der Waals surface area contributed by atoms with Crippen LogP contribution in [0.4, 0.5) is 24.5 Å². The van der Waals surface area contributed by atoms with Crippen LogP contribution in [0, 0.1) is 0 Å².